The Labute approximate surface area is 110 Å². The van der Waals surface area contributed by atoms with Gasteiger partial charge in [0.05, 0.1) is 5.69 Å². The van der Waals surface area contributed by atoms with Crippen molar-refractivity contribution in [3.63, 3.8) is 0 Å². The molecule has 2 amide bonds. The van der Waals surface area contributed by atoms with Crippen LogP contribution in [-0.4, -0.2) is 32.3 Å². The highest BCUT2D eigenvalue weighted by atomic mass is 16.2. The molecule has 0 spiro atoms. The van der Waals surface area contributed by atoms with Crippen molar-refractivity contribution in [1.82, 2.24) is 25.5 Å². The van der Waals surface area contributed by atoms with Gasteiger partial charge in [-0.05, 0) is 48.4 Å². The summed E-state index contributed by atoms with van der Waals surface area (Å²) >= 11 is 0. The molecule has 1 aliphatic rings. The van der Waals surface area contributed by atoms with Crippen molar-refractivity contribution in [3.8, 4) is 5.69 Å². The first-order valence-electron chi connectivity index (χ1n) is 6.15. The van der Waals surface area contributed by atoms with Gasteiger partial charge in [-0.15, -0.1) is 5.10 Å². The highest BCUT2D eigenvalue weighted by Crippen LogP contribution is 2.19. The number of tetrazole rings is 1. The zero-order chi connectivity index (χ0) is 13.2. The van der Waals surface area contributed by atoms with Gasteiger partial charge in [0.15, 0.2) is 5.82 Å². The van der Waals surface area contributed by atoms with E-state index >= 15 is 0 Å². The number of nitrogens with one attached hydrogen (secondary N) is 2. The van der Waals surface area contributed by atoms with E-state index in [0.717, 1.165) is 18.5 Å². The summed E-state index contributed by atoms with van der Waals surface area (Å²) in [5, 5.41) is 17.0. The number of aryl methyl sites for hydroxylation is 1. The lowest BCUT2D eigenvalue weighted by Gasteiger charge is -2.08. The van der Waals surface area contributed by atoms with Crippen LogP contribution in [0.4, 0.5) is 10.5 Å². The summed E-state index contributed by atoms with van der Waals surface area (Å²) in [6.07, 6.45) is 2.13. The predicted molar refractivity (Wildman–Crippen MR) is 69.1 cm³/mol. The van der Waals surface area contributed by atoms with Crippen LogP contribution in [0.25, 0.3) is 5.69 Å². The van der Waals surface area contributed by atoms with Gasteiger partial charge in [0.25, 0.3) is 0 Å². The second-order valence-corrected chi connectivity index (χ2v) is 4.56. The number of benzene rings is 1. The van der Waals surface area contributed by atoms with Crippen LogP contribution in [-0.2, 0) is 0 Å². The van der Waals surface area contributed by atoms with Gasteiger partial charge in [0, 0.05) is 11.7 Å². The number of hydrogen-bond donors (Lipinski definition) is 2. The number of carbonyl (C=O) groups is 1. The highest BCUT2D eigenvalue weighted by Gasteiger charge is 2.23. The van der Waals surface area contributed by atoms with Gasteiger partial charge in [-0.2, -0.15) is 4.68 Å². The fourth-order valence-electron chi connectivity index (χ4n) is 1.77. The molecule has 19 heavy (non-hydrogen) atoms. The number of aromatic nitrogens is 4. The number of carbonyl (C=O) groups excluding carboxylic acids is 1. The minimum Gasteiger partial charge on any atom is -0.335 e. The van der Waals surface area contributed by atoms with Gasteiger partial charge in [0.1, 0.15) is 0 Å². The zero-order valence-corrected chi connectivity index (χ0v) is 10.5. The summed E-state index contributed by atoms with van der Waals surface area (Å²) in [5.41, 5.74) is 1.53. The standard InChI is InChI=1S/C12H14N6O/c1-8-15-16-17-18(8)11-4-2-3-10(7-11)14-12(19)13-9-5-6-9/h2-4,7,9H,5-6H2,1H3,(H2,13,14,19). The molecule has 1 aromatic heterocycles. The van der Waals surface area contributed by atoms with Crippen LogP contribution >= 0.6 is 0 Å². The van der Waals surface area contributed by atoms with Crippen LogP contribution in [0.3, 0.4) is 0 Å². The fraction of sp³-hybridized carbons (Fsp3) is 0.333. The zero-order valence-electron chi connectivity index (χ0n) is 10.5. The topological polar surface area (TPSA) is 84.7 Å². The van der Waals surface area contributed by atoms with Gasteiger partial charge in [-0.3, -0.25) is 0 Å². The third kappa shape index (κ3) is 2.70. The number of rotatable bonds is 3. The van der Waals surface area contributed by atoms with E-state index in [9.17, 15) is 4.79 Å². The maximum Gasteiger partial charge on any atom is 0.319 e. The summed E-state index contributed by atoms with van der Waals surface area (Å²) in [7, 11) is 0. The van der Waals surface area contributed by atoms with E-state index in [-0.39, 0.29) is 6.03 Å². The average Bonchev–Trinajstić information content (AvgIpc) is 3.08. The summed E-state index contributed by atoms with van der Waals surface area (Å²) in [6.45, 7) is 1.82. The predicted octanol–water partition coefficient (Wildman–Crippen LogP) is 1.25. The fourth-order valence-corrected chi connectivity index (χ4v) is 1.77. The van der Waals surface area contributed by atoms with Crippen LogP contribution in [0.5, 0.6) is 0 Å². The molecule has 1 saturated carbocycles. The summed E-state index contributed by atoms with van der Waals surface area (Å²) < 4.78 is 1.62. The Bertz CT molecular complexity index is 604. The van der Waals surface area contributed by atoms with Gasteiger partial charge in [-0.1, -0.05) is 6.07 Å². The van der Waals surface area contributed by atoms with Crippen molar-refractivity contribution in [2.45, 2.75) is 25.8 Å². The maximum atomic E-state index is 11.7. The second kappa shape index (κ2) is 4.68. The van der Waals surface area contributed by atoms with Crippen molar-refractivity contribution in [2.24, 2.45) is 0 Å². The molecule has 7 nitrogen and oxygen atoms in total. The minimum atomic E-state index is -0.173. The minimum absolute atomic E-state index is 0.173. The molecule has 1 fully saturated rings. The molecule has 1 heterocycles. The first-order chi connectivity index (χ1) is 9.22. The Kier molecular flexibility index (Phi) is 2.86. The first-order valence-corrected chi connectivity index (χ1v) is 6.15. The highest BCUT2D eigenvalue weighted by molar-refractivity contribution is 5.89. The average molecular weight is 258 g/mol. The number of anilines is 1. The number of hydrogen-bond acceptors (Lipinski definition) is 4. The monoisotopic (exact) mass is 258 g/mol. The SMILES string of the molecule is Cc1nnnn1-c1cccc(NC(=O)NC2CC2)c1. The van der Waals surface area contributed by atoms with Gasteiger partial charge < -0.3 is 10.6 Å². The molecule has 3 rings (SSSR count). The van der Waals surface area contributed by atoms with Crippen LogP contribution in [0, 0.1) is 6.92 Å². The van der Waals surface area contributed by atoms with Crippen LogP contribution in [0.1, 0.15) is 18.7 Å². The molecular weight excluding hydrogens is 244 g/mol. The Morgan fingerprint density at radius 2 is 2.26 bits per heavy atom. The third-order valence-electron chi connectivity index (χ3n) is 2.89. The Morgan fingerprint density at radius 3 is 2.95 bits per heavy atom. The quantitative estimate of drug-likeness (QED) is 0.867. The molecule has 2 aromatic rings. The molecule has 0 saturated heterocycles. The van der Waals surface area contributed by atoms with E-state index in [0.29, 0.717) is 17.6 Å². The van der Waals surface area contributed by atoms with E-state index in [4.69, 9.17) is 0 Å². The molecule has 0 atom stereocenters. The summed E-state index contributed by atoms with van der Waals surface area (Å²) in [6, 6.07) is 7.56. The Morgan fingerprint density at radius 1 is 1.42 bits per heavy atom. The van der Waals surface area contributed by atoms with Crippen molar-refractivity contribution >= 4 is 11.7 Å². The molecule has 7 heteroatoms. The molecule has 1 aromatic carbocycles. The van der Waals surface area contributed by atoms with Gasteiger partial charge in [-0.25, -0.2) is 4.79 Å². The van der Waals surface area contributed by atoms with Crippen LogP contribution in [0.15, 0.2) is 24.3 Å². The van der Waals surface area contributed by atoms with E-state index < -0.39 is 0 Å². The molecule has 1 aliphatic carbocycles. The first kappa shape index (κ1) is 11.6. The lowest BCUT2D eigenvalue weighted by molar-refractivity contribution is 0.251. The molecule has 0 bridgehead atoms. The van der Waals surface area contributed by atoms with Gasteiger partial charge in [0.2, 0.25) is 0 Å². The van der Waals surface area contributed by atoms with E-state index in [1.807, 2.05) is 31.2 Å². The third-order valence-corrected chi connectivity index (χ3v) is 2.89. The van der Waals surface area contributed by atoms with E-state index in [2.05, 4.69) is 26.2 Å². The maximum absolute atomic E-state index is 11.7. The molecule has 2 N–H and O–H groups in total. The summed E-state index contributed by atoms with van der Waals surface area (Å²) in [5.74, 6) is 0.694. The van der Waals surface area contributed by atoms with Gasteiger partial charge >= 0.3 is 6.03 Å². The normalized spacial score (nSPS) is 14.2. The van der Waals surface area contributed by atoms with E-state index in [1.165, 1.54) is 0 Å². The number of nitrogens with zero attached hydrogens (tertiary/aromatic N) is 4. The number of amides is 2. The lowest BCUT2D eigenvalue weighted by atomic mass is 10.3. The molecule has 0 radical (unpaired) electrons. The van der Waals surface area contributed by atoms with Crippen molar-refractivity contribution in [1.29, 1.82) is 0 Å². The summed E-state index contributed by atoms with van der Waals surface area (Å²) in [4.78, 5) is 11.7. The van der Waals surface area contributed by atoms with Crippen molar-refractivity contribution in [2.75, 3.05) is 5.32 Å². The van der Waals surface area contributed by atoms with Crippen LogP contribution in [0.2, 0.25) is 0 Å². The number of urea groups is 1. The molecule has 0 unspecified atom stereocenters. The van der Waals surface area contributed by atoms with E-state index in [1.54, 1.807) is 4.68 Å². The molecule has 0 aliphatic heterocycles. The lowest BCUT2D eigenvalue weighted by Crippen LogP contribution is -2.30. The largest absolute Gasteiger partial charge is 0.335 e. The second-order valence-electron chi connectivity index (χ2n) is 4.56. The van der Waals surface area contributed by atoms with Crippen molar-refractivity contribution < 1.29 is 4.79 Å². The van der Waals surface area contributed by atoms with Crippen molar-refractivity contribution in [3.05, 3.63) is 30.1 Å². The Balaban J connectivity index is 1.76. The smallest absolute Gasteiger partial charge is 0.319 e. The molecule has 98 valence electrons. The Hall–Kier alpha value is -2.44. The van der Waals surface area contributed by atoms with Crippen LogP contribution < -0.4 is 10.6 Å². The molecular formula is C12H14N6O.